The third-order valence-electron chi connectivity index (χ3n) is 3.34. The zero-order valence-corrected chi connectivity index (χ0v) is 13.2. The predicted octanol–water partition coefficient (Wildman–Crippen LogP) is 2.23. The summed E-state index contributed by atoms with van der Waals surface area (Å²) in [5.41, 5.74) is -0.168. The number of anilines is 2. The molecule has 1 amide bonds. The van der Waals surface area contributed by atoms with Gasteiger partial charge in [0.05, 0.1) is 16.9 Å². The molecule has 0 aromatic heterocycles. The van der Waals surface area contributed by atoms with Crippen molar-refractivity contribution in [3.63, 3.8) is 0 Å². The van der Waals surface area contributed by atoms with E-state index in [-0.39, 0.29) is 22.5 Å². The highest BCUT2D eigenvalue weighted by Gasteiger charge is 2.29. The van der Waals surface area contributed by atoms with Gasteiger partial charge in [-0.15, -0.1) is 0 Å². The van der Waals surface area contributed by atoms with Crippen LogP contribution in [0.2, 0.25) is 0 Å². The van der Waals surface area contributed by atoms with E-state index in [2.05, 4.69) is 0 Å². The number of nitrogens with zero attached hydrogens (tertiary/aromatic N) is 1. The Morgan fingerprint density at radius 2 is 1.38 bits per heavy atom. The number of carbonyl (C=O) groups is 4. The number of carboxylic acids is 3. The van der Waals surface area contributed by atoms with Crippen LogP contribution in [0.3, 0.4) is 0 Å². The molecular formula is C18H13NO7. The molecule has 0 radical (unpaired) electrons. The van der Waals surface area contributed by atoms with E-state index in [4.69, 9.17) is 10.2 Å². The van der Waals surface area contributed by atoms with Gasteiger partial charge in [-0.2, -0.15) is 0 Å². The monoisotopic (exact) mass is 355 g/mol. The average molecular weight is 355 g/mol. The third-order valence-corrected chi connectivity index (χ3v) is 3.34. The molecular weight excluding hydrogens is 342 g/mol. The van der Waals surface area contributed by atoms with Gasteiger partial charge in [-0.25, -0.2) is 14.4 Å². The summed E-state index contributed by atoms with van der Waals surface area (Å²) in [6.45, 7) is 0. The van der Waals surface area contributed by atoms with Crippen molar-refractivity contribution in [1.29, 1.82) is 0 Å². The van der Waals surface area contributed by atoms with Crippen LogP contribution in [-0.4, -0.2) is 39.1 Å². The summed E-state index contributed by atoms with van der Waals surface area (Å²) < 4.78 is 0. The first-order valence-electron chi connectivity index (χ1n) is 7.22. The van der Waals surface area contributed by atoms with E-state index < -0.39 is 23.8 Å². The minimum atomic E-state index is -1.79. The fraction of sp³-hybridized carbons (Fsp3) is 0. The SMILES string of the molecule is O=C(O)/C=C/c1ccccc1N(C(=O)C(=O)O)c1ccccc1C(=O)O. The molecule has 0 atom stereocenters. The second-order valence-electron chi connectivity index (χ2n) is 5.00. The molecule has 2 aromatic carbocycles. The molecule has 8 nitrogen and oxygen atoms in total. The van der Waals surface area contributed by atoms with Crippen LogP contribution in [0.25, 0.3) is 6.08 Å². The smallest absolute Gasteiger partial charge is 0.395 e. The van der Waals surface area contributed by atoms with Gasteiger partial charge in [-0.3, -0.25) is 9.69 Å². The Bertz CT molecular complexity index is 917. The van der Waals surface area contributed by atoms with Crippen molar-refractivity contribution in [2.24, 2.45) is 0 Å². The summed E-state index contributed by atoms with van der Waals surface area (Å²) >= 11 is 0. The van der Waals surface area contributed by atoms with Crippen molar-refractivity contribution in [2.75, 3.05) is 4.90 Å². The molecule has 0 aliphatic rings. The molecule has 0 spiro atoms. The molecule has 0 aliphatic carbocycles. The van der Waals surface area contributed by atoms with Gasteiger partial charge in [0.2, 0.25) is 0 Å². The molecule has 2 rings (SSSR count). The van der Waals surface area contributed by atoms with Gasteiger partial charge in [0.1, 0.15) is 0 Å². The molecule has 0 fully saturated rings. The number of para-hydroxylation sites is 2. The number of carbonyl (C=O) groups excluding carboxylic acids is 1. The van der Waals surface area contributed by atoms with Crippen LogP contribution in [0.4, 0.5) is 11.4 Å². The maximum Gasteiger partial charge on any atom is 0.395 e. The maximum atomic E-state index is 12.3. The Morgan fingerprint density at radius 3 is 1.96 bits per heavy atom. The van der Waals surface area contributed by atoms with E-state index in [0.29, 0.717) is 0 Å². The Hall–Kier alpha value is -3.94. The molecule has 0 heterocycles. The fourth-order valence-electron chi connectivity index (χ4n) is 2.29. The molecule has 132 valence electrons. The molecule has 0 unspecified atom stereocenters. The molecule has 3 N–H and O–H groups in total. The van der Waals surface area contributed by atoms with Crippen molar-refractivity contribution in [3.05, 3.63) is 65.7 Å². The van der Waals surface area contributed by atoms with Gasteiger partial charge in [-0.1, -0.05) is 30.3 Å². The highest BCUT2D eigenvalue weighted by atomic mass is 16.4. The zero-order chi connectivity index (χ0) is 19.3. The van der Waals surface area contributed by atoms with Crippen LogP contribution in [-0.2, 0) is 14.4 Å². The lowest BCUT2D eigenvalue weighted by Crippen LogP contribution is -2.34. The quantitative estimate of drug-likeness (QED) is 0.553. The Morgan fingerprint density at radius 1 is 0.808 bits per heavy atom. The second-order valence-corrected chi connectivity index (χ2v) is 5.00. The lowest BCUT2D eigenvalue weighted by molar-refractivity contribution is -0.148. The first-order chi connectivity index (χ1) is 12.3. The van der Waals surface area contributed by atoms with E-state index >= 15 is 0 Å². The van der Waals surface area contributed by atoms with E-state index in [1.807, 2.05) is 0 Å². The molecule has 2 aromatic rings. The van der Waals surface area contributed by atoms with E-state index in [1.54, 1.807) is 6.07 Å². The summed E-state index contributed by atoms with van der Waals surface area (Å²) in [6, 6.07) is 11.4. The highest BCUT2D eigenvalue weighted by Crippen LogP contribution is 2.32. The van der Waals surface area contributed by atoms with Crippen LogP contribution in [0.5, 0.6) is 0 Å². The number of aliphatic carboxylic acids is 2. The number of aromatic carboxylic acids is 1. The lowest BCUT2D eigenvalue weighted by Gasteiger charge is -2.24. The van der Waals surface area contributed by atoms with Gasteiger partial charge in [0, 0.05) is 6.08 Å². The Labute approximate surface area is 147 Å². The second kappa shape index (κ2) is 7.75. The standard InChI is InChI=1S/C18H13NO7/c20-15(21)10-9-11-5-1-3-7-13(11)19(16(22)18(25)26)14-8-4-2-6-12(14)17(23)24/h1-10H,(H,20,21)(H,23,24)(H,25,26)/b10-9+. The minimum absolute atomic E-state index is 0.0334. The maximum absolute atomic E-state index is 12.3. The molecule has 0 saturated carbocycles. The molecule has 26 heavy (non-hydrogen) atoms. The lowest BCUT2D eigenvalue weighted by atomic mass is 10.1. The van der Waals surface area contributed by atoms with Crippen molar-refractivity contribution < 1.29 is 34.5 Å². The summed E-state index contributed by atoms with van der Waals surface area (Å²) in [4.78, 5) is 46.6. The van der Waals surface area contributed by atoms with Gasteiger partial charge in [0.15, 0.2) is 0 Å². The molecule has 0 bridgehead atoms. The van der Waals surface area contributed by atoms with Crippen molar-refractivity contribution in [1.82, 2.24) is 0 Å². The topological polar surface area (TPSA) is 132 Å². The molecule has 0 saturated heterocycles. The number of benzene rings is 2. The van der Waals surface area contributed by atoms with Crippen LogP contribution in [0, 0.1) is 0 Å². The minimum Gasteiger partial charge on any atom is -0.478 e. The molecule has 8 heteroatoms. The first-order valence-corrected chi connectivity index (χ1v) is 7.22. The normalized spacial score (nSPS) is 10.5. The summed E-state index contributed by atoms with van der Waals surface area (Å²) in [5, 5.41) is 27.3. The number of carboxylic acid groups (broad SMARTS) is 3. The number of hydrogen-bond acceptors (Lipinski definition) is 4. The molecule has 0 aliphatic heterocycles. The Kier molecular flexibility index (Phi) is 5.49. The van der Waals surface area contributed by atoms with Crippen LogP contribution < -0.4 is 4.90 Å². The van der Waals surface area contributed by atoms with E-state index in [1.165, 1.54) is 48.5 Å². The van der Waals surface area contributed by atoms with Gasteiger partial charge in [-0.05, 0) is 29.8 Å². The van der Waals surface area contributed by atoms with Gasteiger partial charge in [0.25, 0.3) is 0 Å². The van der Waals surface area contributed by atoms with Crippen molar-refractivity contribution in [3.8, 4) is 0 Å². The van der Waals surface area contributed by atoms with E-state index in [9.17, 15) is 24.3 Å². The van der Waals surface area contributed by atoms with Crippen LogP contribution in [0.1, 0.15) is 15.9 Å². The van der Waals surface area contributed by atoms with Crippen LogP contribution in [0.15, 0.2) is 54.6 Å². The highest BCUT2D eigenvalue weighted by molar-refractivity contribution is 6.39. The van der Waals surface area contributed by atoms with Crippen LogP contribution >= 0.6 is 0 Å². The van der Waals surface area contributed by atoms with E-state index in [0.717, 1.165) is 11.0 Å². The average Bonchev–Trinajstić information content (AvgIpc) is 2.61. The number of hydrogen-bond donors (Lipinski definition) is 3. The first kappa shape index (κ1) is 18.4. The van der Waals surface area contributed by atoms with Crippen molar-refractivity contribution in [2.45, 2.75) is 0 Å². The van der Waals surface area contributed by atoms with Gasteiger partial charge >= 0.3 is 23.8 Å². The zero-order valence-electron chi connectivity index (χ0n) is 13.2. The van der Waals surface area contributed by atoms with Gasteiger partial charge < -0.3 is 15.3 Å². The fourth-order valence-corrected chi connectivity index (χ4v) is 2.29. The summed E-state index contributed by atoms with van der Waals surface area (Å²) in [6.07, 6.45) is 2.01. The third kappa shape index (κ3) is 3.93. The summed E-state index contributed by atoms with van der Waals surface area (Å²) in [5.74, 6) is -5.75. The Balaban J connectivity index is 2.73. The number of rotatable bonds is 5. The largest absolute Gasteiger partial charge is 0.478 e. The number of amides is 1. The predicted molar refractivity (Wildman–Crippen MR) is 91.3 cm³/mol. The summed E-state index contributed by atoms with van der Waals surface area (Å²) in [7, 11) is 0. The van der Waals surface area contributed by atoms with Crippen molar-refractivity contribution >= 4 is 41.3 Å².